The number of aromatic nitrogens is 4. The molecule has 15 heavy (non-hydrogen) atoms. The fraction of sp³-hybridized carbons (Fsp3) is 0. The molecule has 0 spiro atoms. The van der Waals surface area contributed by atoms with Crippen LogP contribution in [0.3, 0.4) is 0 Å². The second kappa shape index (κ2) is 3.01. The fourth-order valence-electron chi connectivity index (χ4n) is 1.25. The van der Waals surface area contributed by atoms with Gasteiger partial charge in [0.05, 0.1) is 21.1 Å². The van der Waals surface area contributed by atoms with Crippen LogP contribution in [-0.4, -0.2) is 20.3 Å². The standard InChI is InChI=1S/C8H2Cl2N4O/c9-3-1-5-6(2-4(3)10)12-8-7(11-5)13-15-14-8/h1-2H. The Kier molecular flexibility index (Phi) is 1.77. The highest BCUT2D eigenvalue weighted by molar-refractivity contribution is 6.42. The van der Waals surface area contributed by atoms with Crippen molar-refractivity contribution in [2.75, 3.05) is 0 Å². The van der Waals surface area contributed by atoms with E-state index in [1.54, 1.807) is 12.1 Å². The molecule has 2 heterocycles. The molecule has 0 aliphatic carbocycles. The van der Waals surface area contributed by atoms with Crippen molar-refractivity contribution in [1.29, 1.82) is 0 Å². The summed E-state index contributed by atoms with van der Waals surface area (Å²) in [5.41, 5.74) is 1.90. The van der Waals surface area contributed by atoms with E-state index in [1.807, 2.05) is 0 Å². The Hall–Kier alpha value is -1.46. The van der Waals surface area contributed by atoms with Crippen LogP contribution in [0.5, 0.6) is 0 Å². The third kappa shape index (κ3) is 1.32. The summed E-state index contributed by atoms with van der Waals surface area (Å²) >= 11 is 11.7. The van der Waals surface area contributed by atoms with Gasteiger partial charge in [0.1, 0.15) is 0 Å². The first-order chi connectivity index (χ1) is 7.24. The number of halogens is 2. The summed E-state index contributed by atoms with van der Waals surface area (Å²) in [4.78, 5) is 8.33. The van der Waals surface area contributed by atoms with Crippen molar-refractivity contribution in [2.45, 2.75) is 0 Å². The lowest BCUT2D eigenvalue weighted by molar-refractivity contribution is 0.314. The number of nitrogens with zero attached hydrogens (tertiary/aromatic N) is 4. The van der Waals surface area contributed by atoms with Gasteiger partial charge in [0.25, 0.3) is 0 Å². The Morgan fingerprint density at radius 1 is 0.867 bits per heavy atom. The lowest BCUT2D eigenvalue weighted by Crippen LogP contribution is -1.86. The van der Waals surface area contributed by atoms with E-state index in [-0.39, 0.29) is 0 Å². The molecule has 0 N–H and O–H groups in total. The van der Waals surface area contributed by atoms with Gasteiger partial charge in [0.2, 0.25) is 11.3 Å². The molecule has 3 aromatic rings. The van der Waals surface area contributed by atoms with Gasteiger partial charge in [-0.15, -0.1) is 0 Å². The Morgan fingerprint density at radius 2 is 1.33 bits per heavy atom. The van der Waals surface area contributed by atoms with E-state index in [1.165, 1.54) is 0 Å². The smallest absolute Gasteiger partial charge is 0.240 e. The van der Waals surface area contributed by atoms with E-state index < -0.39 is 0 Å². The van der Waals surface area contributed by atoms with Crippen LogP contribution < -0.4 is 0 Å². The number of hydrogen-bond donors (Lipinski definition) is 0. The molecule has 0 aliphatic heterocycles. The highest BCUT2D eigenvalue weighted by Crippen LogP contribution is 2.26. The third-order valence-corrected chi connectivity index (χ3v) is 2.65. The fourth-order valence-corrected chi connectivity index (χ4v) is 1.57. The van der Waals surface area contributed by atoms with Crippen molar-refractivity contribution >= 4 is 45.5 Å². The Morgan fingerprint density at radius 3 is 1.80 bits per heavy atom. The van der Waals surface area contributed by atoms with Crippen LogP contribution >= 0.6 is 23.2 Å². The number of benzene rings is 1. The zero-order valence-electron chi connectivity index (χ0n) is 7.11. The van der Waals surface area contributed by atoms with Gasteiger partial charge in [-0.2, -0.15) is 0 Å². The van der Waals surface area contributed by atoms with Crippen molar-refractivity contribution in [2.24, 2.45) is 0 Å². The average Bonchev–Trinajstić information content (AvgIpc) is 2.63. The molecule has 0 unspecified atom stereocenters. The van der Waals surface area contributed by atoms with E-state index in [9.17, 15) is 0 Å². The first kappa shape index (κ1) is 8.82. The maximum absolute atomic E-state index is 5.85. The van der Waals surface area contributed by atoms with Crippen LogP contribution in [0.25, 0.3) is 22.3 Å². The lowest BCUT2D eigenvalue weighted by Gasteiger charge is -1.98. The minimum Gasteiger partial charge on any atom is -0.240 e. The number of fused-ring (bicyclic) bond motifs is 2. The second-order valence-corrected chi connectivity index (χ2v) is 3.70. The molecular formula is C8H2Cl2N4O. The summed E-state index contributed by atoms with van der Waals surface area (Å²) in [6, 6.07) is 3.25. The van der Waals surface area contributed by atoms with Crippen molar-refractivity contribution in [3.8, 4) is 0 Å². The summed E-state index contributed by atoms with van der Waals surface area (Å²) in [5.74, 6) is 0. The molecular weight excluding hydrogens is 239 g/mol. The summed E-state index contributed by atoms with van der Waals surface area (Å²) < 4.78 is 4.51. The molecule has 5 nitrogen and oxygen atoms in total. The zero-order valence-corrected chi connectivity index (χ0v) is 8.62. The predicted molar refractivity (Wildman–Crippen MR) is 54.9 cm³/mol. The maximum Gasteiger partial charge on any atom is 0.243 e. The molecule has 0 saturated heterocycles. The van der Waals surface area contributed by atoms with Crippen LogP contribution in [0, 0.1) is 0 Å². The van der Waals surface area contributed by atoms with Crippen molar-refractivity contribution in [1.82, 2.24) is 20.3 Å². The lowest BCUT2D eigenvalue weighted by atomic mass is 10.3. The van der Waals surface area contributed by atoms with E-state index in [4.69, 9.17) is 23.2 Å². The second-order valence-electron chi connectivity index (χ2n) is 2.89. The van der Waals surface area contributed by atoms with Gasteiger partial charge in [-0.05, 0) is 22.4 Å². The molecule has 1 aromatic carbocycles. The molecule has 0 fully saturated rings. The zero-order chi connectivity index (χ0) is 10.4. The van der Waals surface area contributed by atoms with Gasteiger partial charge < -0.3 is 0 Å². The highest BCUT2D eigenvalue weighted by atomic mass is 35.5. The van der Waals surface area contributed by atoms with Crippen molar-refractivity contribution in [3.05, 3.63) is 22.2 Å². The van der Waals surface area contributed by atoms with Gasteiger partial charge in [-0.1, -0.05) is 23.2 Å². The summed E-state index contributed by atoms with van der Waals surface area (Å²) in [6.45, 7) is 0. The average molecular weight is 241 g/mol. The van der Waals surface area contributed by atoms with Gasteiger partial charge >= 0.3 is 0 Å². The molecule has 0 radical (unpaired) electrons. The molecule has 7 heteroatoms. The topological polar surface area (TPSA) is 64.7 Å². The molecule has 0 amide bonds. The molecule has 0 atom stereocenters. The molecule has 0 aliphatic rings. The molecule has 3 rings (SSSR count). The predicted octanol–water partition coefficient (Wildman–Crippen LogP) is 2.47. The minimum atomic E-state index is 0.348. The summed E-state index contributed by atoms with van der Waals surface area (Å²) in [5, 5.41) is 8.02. The molecule has 0 bridgehead atoms. The van der Waals surface area contributed by atoms with Crippen molar-refractivity contribution < 1.29 is 4.63 Å². The van der Waals surface area contributed by atoms with Crippen LogP contribution in [0.15, 0.2) is 16.8 Å². The quantitative estimate of drug-likeness (QED) is 0.604. The third-order valence-electron chi connectivity index (χ3n) is 1.92. The largest absolute Gasteiger partial charge is 0.243 e. The highest BCUT2D eigenvalue weighted by Gasteiger charge is 2.08. The minimum absolute atomic E-state index is 0.348. The van der Waals surface area contributed by atoms with Crippen LogP contribution in [0.2, 0.25) is 10.0 Å². The Balaban J connectivity index is 2.49. The maximum atomic E-state index is 5.85. The molecule has 2 aromatic heterocycles. The number of hydrogen-bond acceptors (Lipinski definition) is 5. The van der Waals surface area contributed by atoms with E-state index in [0.717, 1.165) is 0 Å². The number of rotatable bonds is 0. The normalized spacial score (nSPS) is 11.3. The van der Waals surface area contributed by atoms with E-state index in [2.05, 4.69) is 24.9 Å². The SMILES string of the molecule is Clc1cc2nc3nonc3nc2cc1Cl. The summed E-state index contributed by atoms with van der Waals surface area (Å²) in [7, 11) is 0. The van der Waals surface area contributed by atoms with Gasteiger partial charge in [0, 0.05) is 0 Å². The van der Waals surface area contributed by atoms with Gasteiger partial charge in [-0.3, -0.25) is 0 Å². The first-order valence-corrected chi connectivity index (χ1v) is 4.75. The van der Waals surface area contributed by atoms with Crippen LogP contribution in [0.4, 0.5) is 0 Å². The molecule has 74 valence electrons. The van der Waals surface area contributed by atoms with Crippen LogP contribution in [-0.2, 0) is 0 Å². The molecule has 0 saturated carbocycles. The van der Waals surface area contributed by atoms with Gasteiger partial charge in [0.15, 0.2) is 0 Å². The van der Waals surface area contributed by atoms with Crippen LogP contribution in [0.1, 0.15) is 0 Å². The summed E-state index contributed by atoms with van der Waals surface area (Å²) in [6.07, 6.45) is 0. The van der Waals surface area contributed by atoms with Gasteiger partial charge in [-0.25, -0.2) is 14.6 Å². The Labute approximate surface area is 93.0 Å². The monoisotopic (exact) mass is 240 g/mol. The van der Waals surface area contributed by atoms with E-state index >= 15 is 0 Å². The first-order valence-electron chi connectivity index (χ1n) is 3.99. The van der Waals surface area contributed by atoms with E-state index in [0.29, 0.717) is 32.4 Å². The Bertz CT molecular complexity index is 611. The van der Waals surface area contributed by atoms with Crippen molar-refractivity contribution in [3.63, 3.8) is 0 Å².